The average Bonchev–Trinajstić information content (AvgIpc) is 3.35. The van der Waals surface area contributed by atoms with E-state index in [-0.39, 0.29) is 27.6 Å². The number of anilines is 2. The number of benzene rings is 2. The van der Waals surface area contributed by atoms with Gasteiger partial charge in [0.15, 0.2) is 6.04 Å². The van der Waals surface area contributed by atoms with Gasteiger partial charge in [0, 0.05) is 63.5 Å². The summed E-state index contributed by atoms with van der Waals surface area (Å²) in [7, 11) is 0. The minimum Gasteiger partial charge on any atom is -0.480 e. The van der Waals surface area contributed by atoms with Crippen LogP contribution in [0.3, 0.4) is 0 Å². The van der Waals surface area contributed by atoms with Crippen molar-refractivity contribution in [3.63, 3.8) is 0 Å². The Labute approximate surface area is 440 Å². The van der Waals surface area contributed by atoms with Crippen molar-refractivity contribution >= 4 is 29.6 Å². The van der Waals surface area contributed by atoms with Gasteiger partial charge in [-0.1, -0.05) is 91.8 Å². The smallest absolute Gasteiger partial charge is 0.408 e. The van der Waals surface area contributed by atoms with Crippen molar-refractivity contribution in [1.29, 1.82) is 0 Å². The maximum absolute atomic E-state index is 12.4. The average molecular weight is 1020 g/mol. The van der Waals surface area contributed by atoms with E-state index < -0.39 is 42.0 Å². The van der Waals surface area contributed by atoms with Gasteiger partial charge < -0.3 is 51.1 Å². The Morgan fingerprint density at radius 3 is 1.45 bits per heavy atom. The third-order valence-corrected chi connectivity index (χ3v) is 15.3. The number of aliphatic carboxylic acids is 1. The topological polar surface area (TPSA) is 207 Å². The summed E-state index contributed by atoms with van der Waals surface area (Å²) in [5.41, 5.74) is 16.3. The minimum atomic E-state index is -1.36. The molecular formula is C59H86N8O7. The maximum Gasteiger partial charge on any atom is 0.408 e. The van der Waals surface area contributed by atoms with Gasteiger partial charge in [-0.05, 0) is 141 Å². The molecule has 7 N–H and O–H groups in total. The van der Waals surface area contributed by atoms with Gasteiger partial charge >= 0.3 is 12.1 Å². The molecule has 0 radical (unpaired) electrons. The number of carboxylic acid groups (broad SMARTS) is 1. The first-order valence-electron chi connectivity index (χ1n) is 26.6. The summed E-state index contributed by atoms with van der Waals surface area (Å²) >= 11 is 0. The van der Waals surface area contributed by atoms with Gasteiger partial charge in [0.25, 0.3) is 0 Å². The molecule has 2 amide bonds. The summed E-state index contributed by atoms with van der Waals surface area (Å²) in [6, 6.07) is 24.3. The second-order valence-electron chi connectivity index (χ2n) is 24.3. The van der Waals surface area contributed by atoms with Crippen LogP contribution < -0.4 is 26.2 Å². The highest BCUT2D eigenvalue weighted by atomic mass is 16.6. The van der Waals surface area contributed by atoms with Gasteiger partial charge in [-0.25, -0.2) is 19.6 Å². The largest absolute Gasteiger partial charge is 0.480 e. The van der Waals surface area contributed by atoms with E-state index in [0.717, 1.165) is 54.8 Å². The van der Waals surface area contributed by atoms with Gasteiger partial charge in [0.1, 0.15) is 23.3 Å². The molecular weight excluding hydrogens is 933 g/mol. The molecule has 15 heteroatoms. The highest BCUT2D eigenvalue weighted by Crippen LogP contribution is 2.48. The van der Waals surface area contributed by atoms with Crippen LogP contribution in [-0.2, 0) is 36.0 Å². The first kappa shape index (κ1) is 57.7. The molecule has 4 heterocycles. The van der Waals surface area contributed by atoms with Crippen molar-refractivity contribution in [3.05, 3.63) is 95.1 Å². The summed E-state index contributed by atoms with van der Waals surface area (Å²) in [6.45, 7) is 33.4. The van der Waals surface area contributed by atoms with Crippen LogP contribution in [0.1, 0.15) is 138 Å². The zero-order valence-corrected chi connectivity index (χ0v) is 46.5. The van der Waals surface area contributed by atoms with Crippen molar-refractivity contribution < 1.29 is 34.4 Å². The van der Waals surface area contributed by atoms with Crippen molar-refractivity contribution in [2.75, 3.05) is 62.2 Å². The van der Waals surface area contributed by atoms with E-state index in [1.807, 2.05) is 6.07 Å². The summed E-state index contributed by atoms with van der Waals surface area (Å²) in [5, 5.41) is 32.8. The molecule has 0 spiro atoms. The summed E-state index contributed by atoms with van der Waals surface area (Å²) < 4.78 is 4.84. The second kappa shape index (κ2) is 23.1. The quantitative estimate of drug-likeness (QED) is 0.0935. The van der Waals surface area contributed by atoms with Crippen molar-refractivity contribution in [3.8, 4) is 22.5 Å². The SMILES string of the molecule is CC1(C)CCC(C)(C)c2cc(-c3cccc(N4CCNCC4)n3)ccc21.C[C@@H](O)[C@H](N)C(=O)N1CCN(c2cccc(-c3ccc4c(c3)C(C)(C)CCC4(C)C)n2)CC1.C[C@@H](O)[C@H](NC(=O)OC(C)(C)C)C(=O)O. The van der Waals surface area contributed by atoms with Gasteiger partial charge in [0.2, 0.25) is 5.91 Å². The number of piperazine rings is 2. The van der Waals surface area contributed by atoms with Crippen LogP contribution in [0, 0.1) is 0 Å². The minimum absolute atomic E-state index is 0.161. The molecule has 4 aromatic rings. The normalized spacial score (nSPS) is 20.1. The monoisotopic (exact) mass is 1020 g/mol. The van der Waals surface area contributed by atoms with E-state index >= 15 is 0 Å². The molecule has 0 bridgehead atoms. The first-order valence-corrected chi connectivity index (χ1v) is 26.6. The van der Waals surface area contributed by atoms with Gasteiger partial charge in [0.05, 0.1) is 23.6 Å². The predicted octanol–water partition coefficient (Wildman–Crippen LogP) is 8.31. The number of nitrogens with two attached hydrogens (primary N) is 1. The molecule has 2 aromatic carbocycles. The molecule has 2 aliphatic heterocycles. The molecule has 8 rings (SSSR count). The Balaban J connectivity index is 0.000000194. The van der Waals surface area contributed by atoms with Gasteiger partial charge in [-0.15, -0.1) is 0 Å². The number of fused-ring (bicyclic) bond motifs is 2. The second-order valence-corrected chi connectivity index (χ2v) is 24.3. The van der Waals surface area contributed by atoms with Crippen LogP contribution in [0.15, 0.2) is 72.8 Å². The highest BCUT2D eigenvalue weighted by Gasteiger charge is 2.39. The van der Waals surface area contributed by atoms with Crippen molar-refractivity contribution in [2.24, 2.45) is 5.73 Å². The number of hydrogen-bond donors (Lipinski definition) is 6. The predicted molar refractivity (Wildman–Crippen MR) is 296 cm³/mol. The third-order valence-electron chi connectivity index (χ3n) is 15.3. The number of alkyl carbamates (subject to hydrolysis) is 1. The Morgan fingerprint density at radius 1 is 0.635 bits per heavy atom. The van der Waals surface area contributed by atoms with E-state index in [4.69, 9.17) is 30.7 Å². The molecule has 404 valence electrons. The molecule has 0 unspecified atom stereocenters. The highest BCUT2D eigenvalue weighted by molar-refractivity contribution is 5.82. The number of rotatable bonds is 9. The zero-order valence-electron chi connectivity index (χ0n) is 46.5. The number of hydrogen-bond acceptors (Lipinski definition) is 12. The number of nitrogens with zero attached hydrogens (tertiary/aromatic N) is 5. The van der Waals surface area contributed by atoms with Crippen molar-refractivity contribution in [1.82, 2.24) is 25.5 Å². The number of aromatic nitrogens is 2. The number of pyridine rings is 2. The Bertz CT molecular complexity index is 2590. The van der Waals surface area contributed by atoms with Crippen LogP contribution in [0.5, 0.6) is 0 Å². The molecule has 74 heavy (non-hydrogen) atoms. The fraction of sp³-hybridized carbons (Fsp3) is 0.576. The first-order chi connectivity index (χ1) is 34.5. The Hall–Kier alpha value is -5.61. The van der Waals surface area contributed by atoms with Crippen LogP contribution in [-0.4, -0.2) is 130 Å². The summed E-state index contributed by atoms with van der Waals surface area (Å²) in [6.07, 6.45) is 1.99. The number of carbonyl (C=O) groups is 3. The number of amides is 2. The van der Waals surface area contributed by atoms with Gasteiger partial charge in [-0.3, -0.25) is 4.79 Å². The van der Waals surface area contributed by atoms with Crippen LogP contribution in [0.2, 0.25) is 0 Å². The Morgan fingerprint density at radius 2 is 1.05 bits per heavy atom. The molecule has 0 saturated carbocycles. The van der Waals surface area contributed by atoms with E-state index in [1.165, 1.54) is 60.4 Å². The van der Waals surface area contributed by atoms with Gasteiger partial charge in [-0.2, -0.15) is 0 Å². The molecule has 2 saturated heterocycles. The number of carboxylic acids is 1. The van der Waals surface area contributed by atoms with Crippen LogP contribution >= 0.6 is 0 Å². The summed E-state index contributed by atoms with van der Waals surface area (Å²) in [4.78, 5) is 50.6. The molecule has 2 aromatic heterocycles. The maximum atomic E-state index is 12.4. The fourth-order valence-electron chi connectivity index (χ4n) is 10.3. The number of nitrogens with one attached hydrogen (secondary N) is 2. The zero-order chi connectivity index (χ0) is 54.6. The molecule has 15 nitrogen and oxygen atoms in total. The number of aliphatic hydroxyl groups excluding tert-OH is 2. The molecule has 4 atom stereocenters. The third kappa shape index (κ3) is 14.2. The summed E-state index contributed by atoms with van der Waals surface area (Å²) in [5.74, 6) is 0.528. The molecule has 2 aliphatic carbocycles. The van der Waals surface area contributed by atoms with E-state index in [0.29, 0.717) is 26.2 Å². The number of ether oxygens (including phenoxy) is 1. The van der Waals surface area contributed by atoms with Crippen molar-refractivity contribution in [2.45, 2.75) is 167 Å². The molecule has 2 fully saturated rings. The Kier molecular flexibility index (Phi) is 18.0. The lowest BCUT2D eigenvalue weighted by molar-refractivity contribution is -0.142. The standard InChI is InChI=1S/C27H38N4O2.C23H31N3.C9H17NO5/c1-18(32)24(28)25(33)31-15-13-30(14-16-31)23-8-6-7-22(29-23)19-9-10-20-21(17-19)27(4,5)12-11-26(20,2)3;1-22(2)10-11-23(3,4)19-16-17(8-9-18(19)22)20-6-5-7-21(25-20)26-14-12-24-13-15-26;1-5(11)6(7(12)13)10-8(14)15-9(2,3)4/h6-10,17-18,24,32H,11-16,28H2,1-5H3;5-9,16,24H,10-15H2,1-4H3;5-6,11H,1-4H3,(H,10,14)(H,12,13)/t18-,24+;;5-,6+/m1.1/s1. The molecule has 4 aliphatic rings. The van der Waals surface area contributed by atoms with E-state index in [2.05, 4.69) is 143 Å². The fourth-order valence-corrected chi connectivity index (χ4v) is 10.3. The lowest BCUT2D eigenvalue weighted by Gasteiger charge is -2.42. The van der Waals surface area contributed by atoms with E-state index in [1.54, 1.807) is 32.6 Å². The van der Waals surface area contributed by atoms with Crippen LogP contribution in [0.4, 0.5) is 16.4 Å². The lowest BCUT2D eigenvalue weighted by Crippen LogP contribution is -2.55. The number of aliphatic hydroxyl groups is 2. The lowest BCUT2D eigenvalue weighted by atomic mass is 9.63. The van der Waals surface area contributed by atoms with Crippen LogP contribution in [0.25, 0.3) is 22.5 Å². The number of carbonyl (C=O) groups excluding carboxylic acids is 2. The van der Waals surface area contributed by atoms with E-state index in [9.17, 15) is 19.5 Å².